The zero-order valence-electron chi connectivity index (χ0n) is 19.5. The number of alkyl halides is 3. The second-order valence-corrected chi connectivity index (χ2v) is 8.66. The minimum Gasteiger partial charge on any atom is -0.469 e. The summed E-state index contributed by atoms with van der Waals surface area (Å²) in [5.74, 6) is 0.0197. The molecule has 36 heavy (non-hydrogen) atoms. The van der Waals surface area contributed by atoms with E-state index in [9.17, 15) is 18.0 Å². The number of hydrogen-bond donors (Lipinski definition) is 1. The summed E-state index contributed by atoms with van der Waals surface area (Å²) in [6.07, 6.45) is -2.09. The molecule has 0 radical (unpaired) electrons. The summed E-state index contributed by atoms with van der Waals surface area (Å²) in [5, 5.41) is 3.28. The van der Waals surface area contributed by atoms with Gasteiger partial charge in [0.15, 0.2) is 0 Å². The molecular weight excluding hydrogens is 471 g/mol. The van der Waals surface area contributed by atoms with Crippen LogP contribution >= 0.6 is 0 Å². The maximum Gasteiger partial charge on any atom is 0.573 e. The second kappa shape index (κ2) is 9.56. The number of hydrogen-bond acceptors (Lipinski definition) is 5. The monoisotopic (exact) mass is 495 g/mol. The fraction of sp³-hybridized carbons (Fsp3) is 0.259. The third-order valence-corrected chi connectivity index (χ3v) is 6.36. The summed E-state index contributed by atoms with van der Waals surface area (Å²) in [5.41, 5.74) is 5.75. The standard InChI is InChI=1S/C27H24F3N3O3/c1-35-25(34)15-7-17-6-13-24-22(16-17)32-26(31-19-9-11-20(12-10-19)36-27(28,29)30)33(24)23-14-8-18-4-2-3-5-21(18)23/h2-6,9-13,16,23H,7-8,14-15H2,1H3,(H,31,32). The highest BCUT2D eigenvalue weighted by molar-refractivity contribution is 5.81. The Morgan fingerprint density at radius 2 is 1.89 bits per heavy atom. The summed E-state index contributed by atoms with van der Waals surface area (Å²) < 4.78 is 48.5. The van der Waals surface area contributed by atoms with Crippen molar-refractivity contribution in [3.05, 3.63) is 83.4 Å². The van der Waals surface area contributed by atoms with E-state index in [1.54, 1.807) is 0 Å². The lowest BCUT2D eigenvalue weighted by Crippen LogP contribution is -2.17. The zero-order valence-corrected chi connectivity index (χ0v) is 19.5. The van der Waals surface area contributed by atoms with E-state index in [1.165, 1.54) is 42.5 Å². The molecular formula is C27H24F3N3O3. The van der Waals surface area contributed by atoms with Gasteiger partial charge in [0.2, 0.25) is 5.95 Å². The molecule has 1 aromatic heterocycles. The van der Waals surface area contributed by atoms with Crippen molar-refractivity contribution in [3.8, 4) is 5.75 Å². The number of imidazole rings is 1. The minimum atomic E-state index is -4.75. The Balaban J connectivity index is 1.51. The summed E-state index contributed by atoms with van der Waals surface area (Å²) in [6.45, 7) is 0. The first-order chi connectivity index (χ1) is 17.3. The van der Waals surface area contributed by atoms with Gasteiger partial charge in [-0.1, -0.05) is 30.3 Å². The number of esters is 1. The maximum absolute atomic E-state index is 12.5. The smallest absolute Gasteiger partial charge is 0.469 e. The average Bonchev–Trinajstić information content (AvgIpc) is 3.43. The third-order valence-electron chi connectivity index (χ3n) is 6.36. The van der Waals surface area contributed by atoms with Gasteiger partial charge in [0.1, 0.15) is 5.75 Å². The molecule has 3 aromatic carbocycles. The van der Waals surface area contributed by atoms with Crippen molar-refractivity contribution in [3.63, 3.8) is 0 Å². The first-order valence-corrected chi connectivity index (χ1v) is 11.6. The van der Waals surface area contributed by atoms with Crippen LogP contribution in [-0.4, -0.2) is 29.0 Å². The highest BCUT2D eigenvalue weighted by atomic mass is 19.4. The first kappa shape index (κ1) is 23.7. The first-order valence-electron chi connectivity index (χ1n) is 11.6. The number of fused-ring (bicyclic) bond motifs is 2. The number of aryl methyl sites for hydroxylation is 2. The lowest BCUT2D eigenvalue weighted by Gasteiger charge is -2.19. The van der Waals surface area contributed by atoms with Gasteiger partial charge in [-0.25, -0.2) is 4.98 Å². The molecule has 0 amide bonds. The number of anilines is 2. The van der Waals surface area contributed by atoms with Crippen molar-refractivity contribution >= 4 is 28.6 Å². The molecule has 1 unspecified atom stereocenters. The van der Waals surface area contributed by atoms with Crippen molar-refractivity contribution in [2.24, 2.45) is 0 Å². The number of carbonyl (C=O) groups is 1. The Labute approximate surface area is 205 Å². The van der Waals surface area contributed by atoms with Crippen molar-refractivity contribution in [1.82, 2.24) is 9.55 Å². The van der Waals surface area contributed by atoms with E-state index in [1.807, 2.05) is 30.3 Å². The van der Waals surface area contributed by atoms with Crippen LogP contribution in [0, 0.1) is 0 Å². The highest BCUT2D eigenvalue weighted by Crippen LogP contribution is 2.39. The number of rotatable bonds is 7. The van der Waals surface area contributed by atoms with Gasteiger partial charge in [-0.05, 0) is 72.4 Å². The molecule has 1 aliphatic rings. The molecule has 0 aliphatic heterocycles. The Kier molecular flexibility index (Phi) is 6.30. The number of benzene rings is 3. The molecule has 1 aliphatic carbocycles. The van der Waals surface area contributed by atoms with Crippen LogP contribution in [0.3, 0.4) is 0 Å². The summed E-state index contributed by atoms with van der Waals surface area (Å²) >= 11 is 0. The molecule has 0 fully saturated rings. The van der Waals surface area contributed by atoms with Crippen LogP contribution in [0.1, 0.15) is 35.6 Å². The van der Waals surface area contributed by atoms with E-state index in [0.717, 1.165) is 29.4 Å². The maximum atomic E-state index is 12.5. The number of halogens is 3. The Morgan fingerprint density at radius 1 is 1.11 bits per heavy atom. The van der Waals surface area contributed by atoms with Gasteiger partial charge < -0.3 is 19.4 Å². The van der Waals surface area contributed by atoms with Crippen molar-refractivity contribution in [1.29, 1.82) is 0 Å². The van der Waals surface area contributed by atoms with Crippen molar-refractivity contribution in [2.75, 3.05) is 12.4 Å². The van der Waals surface area contributed by atoms with Crippen LogP contribution in [0.25, 0.3) is 11.0 Å². The number of methoxy groups -OCH3 is 1. The highest BCUT2D eigenvalue weighted by Gasteiger charge is 2.31. The van der Waals surface area contributed by atoms with Crippen LogP contribution in [0.4, 0.5) is 24.8 Å². The topological polar surface area (TPSA) is 65.4 Å². The van der Waals surface area contributed by atoms with Crippen molar-refractivity contribution < 1.29 is 27.4 Å². The Bertz CT molecular complexity index is 1400. The molecule has 0 spiro atoms. The lowest BCUT2D eigenvalue weighted by molar-refractivity contribution is -0.274. The minimum absolute atomic E-state index is 0.0578. The number of nitrogens with zero attached hydrogens (tertiary/aromatic N) is 2. The summed E-state index contributed by atoms with van der Waals surface area (Å²) in [4.78, 5) is 16.4. The number of carbonyl (C=O) groups excluding carboxylic acids is 1. The van der Waals surface area contributed by atoms with Gasteiger partial charge in [0, 0.05) is 12.1 Å². The number of ether oxygens (including phenoxy) is 2. The molecule has 1 atom stereocenters. The summed E-state index contributed by atoms with van der Waals surface area (Å²) in [6, 6.07) is 19.9. The van der Waals surface area contributed by atoms with Gasteiger partial charge in [-0.15, -0.1) is 13.2 Å². The predicted octanol–water partition coefficient (Wildman–Crippen LogP) is 6.32. The Morgan fingerprint density at radius 3 is 2.64 bits per heavy atom. The van der Waals surface area contributed by atoms with E-state index in [4.69, 9.17) is 9.72 Å². The van der Waals surface area contributed by atoms with E-state index in [-0.39, 0.29) is 24.2 Å². The van der Waals surface area contributed by atoms with Gasteiger partial charge in [0.25, 0.3) is 0 Å². The molecule has 4 aromatic rings. The van der Waals surface area contributed by atoms with Crippen LogP contribution in [0.2, 0.25) is 0 Å². The van der Waals surface area contributed by atoms with Crippen LogP contribution < -0.4 is 10.1 Å². The van der Waals surface area contributed by atoms with E-state index < -0.39 is 6.36 Å². The van der Waals surface area contributed by atoms with Gasteiger partial charge in [0.05, 0.1) is 24.2 Å². The van der Waals surface area contributed by atoms with Crippen molar-refractivity contribution in [2.45, 2.75) is 38.1 Å². The fourth-order valence-electron chi connectivity index (χ4n) is 4.72. The molecule has 6 nitrogen and oxygen atoms in total. The molecule has 0 bridgehead atoms. The number of nitrogens with one attached hydrogen (secondary N) is 1. The molecule has 0 saturated carbocycles. The van der Waals surface area contributed by atoms with Crippen LogP contribution in [-0.2, 0) is 22.4 Å². The van der Waals surface area contributed by atoms with Gasteiger partial charge >= 0.3 is 12.3 Å². The van der Waals surface area contributed by atoms with E-state index >= 15 is 0 Å². The van der Waals surface area contributed by atoms with E-state index in [0.29, 0.717) is 18.1 Å². The Hall–Kier alpha value is -4.01. The fourth-order valence-corrected chi connectivity index (χ4v) is 4.72. The normalized spacial score (nSPS) is 15.1. The largest absolute Gasteiger partial charge is 0.573 e. The summed E-state index contributed by atoms with van der Waals surface area (Å²) in [7, 11) is 1.37. The molecule has 186 valence electrons. The average molecular weight is 496 g/mol. The quantitative estimate of drug-likeness (QED) is 0.304. The predicted molar refractivity (Wildman–Crippen MR) is 129 cm³/mol. The third kappa shape index (κ3) is 5.00. The molecule has 9 heteroatoms. The van der Waals surface area contributed by atoms with Gasteiger partial charge in [-0.3, -0.25) is 4.79 Å². The van der Waals surface area contributed by atoms with Gasteiger partial charge in [-0.2, -0.15) is 0 Å². The zero-order chi connectivity index (χ0) is 25.3. The van der Waals surface area contributed by atoms with E-state index in [2.05, 4.69) is 26.8 Å². The SMILES string of the molecule is COC(=O)CCc1ccc2c(c1)nc(Nc1ccc(OC(F)(F)F)cc1)n2C1CCc2ccccc21. The molecule has 1 heterocycles. The second-order valence-electron chi connectivity index (χ2n) is 8.66. The molecule has 5 rings (SSSR count). The van der Waals surface area contributed by atoms with Crippen LogP contribution in [0.5, 0.6) is 5.75 Å². The molecule has 0 saturated heterocycles. The number of aromatic nitrogens is 2. The van der Waals surface area contributed by atoms with Crippen LogP contribution in [0.15, 0.2) is 66.7 Å². The molecule has 1 N–H and O–H groups in total. The lowest BCUT2D eigenvalue weighted by atomic mass is 10.1.